The molecule has 2 aliphatic rings. The fourth-order valence-electron chi connectivity index (χ4n) is 4.06. The molecule has 0 bridgehead atoms. The minimum absolute atomic E-state index is 0.0962. The van der Waals surface area contributed by atoms with Crippen LogP contribution in [0.1, 0.15) is 60.3 Å². The summed E-state index contributed by atoms with van der Waals surface area (Å²) in [7, 11) is 0. The van der Waals surface area contributed by atoms with Crippen LogP contribution >= 0.6 is 0 Å². The van der Waals surface area contributed by atoms with E-state index in [0.29, 0.717) is 36.6 Å². The summed E-state index contributed by atoms with van der Waals surface area (Å²) in [5, 5.41) is 4.69. The highest BCUT2D eigenvalue weighted by Crippen LogP contribution is 2.42. The Bertz CT molecular complexity index is 935. The van der Waals surface area contributed by atoms with Gasteiger partial charge in [0.1, 0.15) is 5.82 Å². The first-order valence-corrected chi connectivity index (χ1v) is 10.3. The van der Waals surface area contributed by atoms with Crippen LogP contribution in [0.5, 0.6) is 0 Å². The number of hydrogen-bond acceptors (Lipinski definition) is 4. The minimum atomic E-state index is -0.341. The third-order valence-corrected chi connectivity index (χ3v) is 5.70. The monoisotopic (exact) mass is 399 g/mol. The van der Waals surface area contributed by atoms with Crippen molar-refractivity contribution in [2.45, 2.75) is 45.4 Å². The number of amides is 1. The molecule has 1 unspecified atom stereocenters. The Morgan fingerprint density at radius 2 is 2.07 bits per heavy atom. The second-order valence-corrected chi connectivity index (χ2v) is 7.85. The maximum Gasteiger partial charge on any atom is 0.310 e. The topological polar surface area (TPSA) is 64.4 Å². The number of aromatic nitrogens is 2. The minimum Gasteiger partial charge on any atom is -0.466 e. The van der Waals surface area contributed by atoms with Gasteiger partial charge in [-0.1, -0.05) is 6.07 Å². The van der Waals surface area contributed by atoms with E-state index in [9.17, 15) is 14.0 Å². The molecule has 29 heavy (non-hydrogen) atoms. The van der Waals surface area contributed by atoms with Crippen LogP contribution in [0, 0.1) is 18.7 Å². The van der Waals surface area contributed by atoms with Gasteiger partial charge in [0, 0.05) is 19.0 Å². The summed E-state index contributed by atoms with van der Waals surface area (Å²) in [6.45, 7) is 4.96. The van der Waals surface area contributed by atoms with Crippen LogP contribution in [0.25, 0.3) is 5.69 Å². The lowest BCUT2D eigenvalue weighted by atomic mass is 9.97. The van der Waals surface area contributed by atoms with E-state index >= 15 is 0 Å². The highest BCUT2D eigenvalue weighted by atomic mass is 19.1. The van der Waals surface area contributed by atoms with E-state index in [-0.39, 0.29) is 29.5 Å². The first-order valence-electron chi connectivity index (χ1n) is 10.3. The quantitative estimate of drug-likeness (QED) is 0.721. The van der Waals surface area contributed by atoms with Crippen LogP contribution in [0.15, 0.2) is 24.3 Å². The van der Waals surface area contributed by atoms with Gasteiger partial charge >= 0.3 is 5.97 Å². The van der Waals surface area contributed by atoms with E-state index in [1.807, 2.05) is 6.92 Å². The molecular formula is C22H26FN3O3. The van der Waals surface area contributed by atoms with Crippen molar-refractivity contribution < 1.29 is 18.7 Å². The molecule has 154 valence electrons. The molecule has 2 heterocycles. The molecule has 0 spiro atoms. The fourth-order valence-corrected chi connectivity index (χ4v) is 4.06. The van der Waals surface area contributed by atoms with Crippen molar-refractivity contribution in [3.05, 3.63) is 47.0 Å². The smallest absolute Gasteiger partial charge is 0.310 e. The average Bonchev–Trinajstić information content (AvgIpc) is 3.50. The van der Waals surface area contributed by atoms with Crippen molar-refractivity contribution in [1.82, 2.24) is 14.7 Å². The number of hydrogen-bond donors (Lipinski definition) is 0. The number of halogens is 1. The van der Waals surface area contributed by atoms with Crippen LogP contribution < -0.4 is 0 Å². The number of benzene rings is 1. The van der Waals surface area contributed by atoms with Gasteiger partial charge in [0.25, 0.3) is 5.91 Å². The van der Waals surface area contributed by atoms with Crippen molar-refractivity contribution in [3.8, 4) is 5.69 Å². The van der Waals surface area contributed by atoms with E-state index < -0.39 is 0 Å². The van der Waals surface area contributed by atoms with Crippen LogP contribution in [-0.2, 0) is 9.53 Å². The molecule has 1 atom stereocenters. The van der Waals surface area contributed by atoms with E-state index in [1.54, 1.807) is 28.6 Å². The first-order chi connectivity index (χ1) is 14.0. The van der Waals surface area contributed by atoms with E-state index in [1.165, 1.54) is 12.1 Å². The van der Waals surface area contributed by atoms with Crippen molar-refractivity contribution >= 4 is 11.9 Å². The molecule has 1 saturated heterocycles. The first kappa shape index (κ1) is 19.6. The summed E-state index contributed by atoms with van der Waals surface area (Å²) in [6, 6.07) is 6.23. The number of rotatable bonds is 5. The molecule has 0 N–H and O–H groups in total. The van der Waals surface area contributed by atoms with E-state index in [4.69, 9.17) is 9.84 Å². The fraction of sp³-hybridized carbons (Fsp3) is 0.500. The normalized spacial score (nSPS) is 19.3. The van der Waals surface area contributed by atoms with E-state index in [0.717, 1.165) is 31.4 Å². The number of carbonyl (C=O) groups excluding carboxylic acids is 2. The standard InChI is InChI=1S/C22H26FN3O3/c1-3-29-22(28)16-6-5-11-25(13-16)21(27)19-14(2)26(24-20(19)15-9-10-15)18-8-4-7-17(23)12-18/h4,7-8,12,15-16H,3,5-6,9-11,13H2,1-2H3. The Hall–Kier alpha value is -2.70. The lowest BCUT2D eigenvalue weighted by molar-refractivity contribution is -0.149. The zero-order chi connectivity index (χ0) is 20.5. The second kappa shape index (κ2) is 7.97. The number of likely N-dealkylation sites (tertiary alicyclic amines) is 1. The number of ether oxygens (including phenoxy) is 1. The summed E-state index contributed by atoms with van der Waals surface area (Å²) in [4.78, 5) is 27.4. The molecule has 6 nitrogen and oxygen atoms in total. The third kappa shape index (κ3) is 3.91. The van der Waals surface area contributed by atoms with Crippen molar-refractivity contribution in [2.24, 2.45) is 5.92 Å². The number of esters is 1. The SMILES string of the molecule is CCOC(=O)C1CCCN(C(=O)c2c(C3CC3)nn(-c3cccc(F)c3)c2C)C1. The van der Waals surface area contributed by atoms with Gasteiger partial charge in [-0.3, -0.25) is 9.59 Å². The number of carbonyl (C=O) groups is 2. The van der Waals surface area contributed by atoms with Gasteiger partial charge in [0.2, 0.25) is 0 Å². The van der Waals surface area contributed by atoms with Gasteiger partial charge in [-0.15, -0.1) is 0 Å². The Morgan fingerprint density at radius 3 is 2.76 bits per heavy atom. The van der Waals surface area contributed by atoms with Crippen LogP contribution in [-0.4, -0.2) is 46.3 Å². The van der Waals surface area contributed by atoms with Crippen molar-refractivity contribution in [1.29, 1.82) is 0 Å². The number of piperidine rings is 1. The zero-order valence-electron chi connectivity index (χ0n) is 16.9. The summed E-state index contributed by atoms with van der Waals surface area (Å²) >= 11 is 0. The Balaban J connectivity index is 1.65. The summed E-state index contributed by atoms with van der Waals surface area (Å²) in [5.74, 6) is -0.684. The molecule has 7 heteroatoms. The third-order valence-electron chi connectivity index (χ3n) is 5.70. The lowest BCUT2D eigenvalue weighted by Crippen LogP contribution is -2.43. The van der Waals surface area contributed by atoms with Crippen LogP contribution in [0.4, 0.5) is 4.39 Å². The van der Waals surface area contributed by atoms with Gasteiger partial charge in [0.05, 0.1) is 35.2 Å². The molecular weight excluding hydrogens is 373 g/mol. The molecule has 0 radical (unpaired) electrons. The summed E-state index contributed by atoms with van der Waals surface area (Å²) < 4.78 is 20.6. The number of nitrogens with zero attached hydrogens (tertiary/aromatic N) is 3. The van der Waals surface area contributed by atoms with Gasteiger partial charge in [0.15, 0.2) is 0 Å². The largest absolute Gasteiger partial charge is 0.466 e. The molecule has 1 aromatic heterocycles. The molecule has 1 saturated carbocycles. The van der Waals surface area contributed by atoms with Gasteiger partial charge in [-0.05, 0) is 57.7 Å². The van der Waals surface area contributed by atoms with Crippen molar-refractivity contribution in [3.63, 3.8) is 0 Å². The molecule has 1 aliphatic heterocycles. The highest BCUT2D eigenvalue weighted by molar-refractivity contribution is 5.97. The predicted molar refractivity (Wildman–Crippen MR) is 105 cm³/mol. The maximum absolute atomic E-state index is 13.7. The summed E-state index contributed by atoms with van der Waals surface area (Å²) in [5.41, 5.74) is 2.70. The second-order valence-electron chi connectivity index (χ2n) is 7.85. The highest BCUT2D eigenvalue weighted by Gasteiger charge is 2.37. The van der Waals surface area contributed by atoms with Crippen molar-refractivity contribution in [2.75, 3.05) is 19.7 Å². The average molecular weight is 399 g/mol. The summed E-state index contributed by atoms with van der Waals surface area (Å²) in [6.07, 6.45) is 3.52. The van der Waals surface area contributed by atoms with Gasteiger partial charge in [-0.2, -0.15) is 5.10 Å². The Morgan fingerprint density at radius 1 is 1.28 bits per heavy atom. The molecule has 4 rings (SSSR count). The van der Waals surface area contributed by atoms with Crippen LogP contribution in [0.2, 0.25) is 0 Å². The molecule has 1 aliphatic carbocycles. The molecule has 1 aromatic carbocycles. The lowest BCUT2D eigenvalue weighted by Gasteiger charge is -2.31. The molecule has 2 fully saturated rings. The van der Waals surface area contributed by atoms with Gasteiger partial charge < -0.3 is 9.64 Å². The Labute approximate surface area is 169 Å². The molecule has 1 amide bonds. The Kier molecular flexibility index (Phi) is 5.39. The molecule has 2 aromatic rings. The van der Waals surface area contributed by atoms with Crippen LogP contribution in [0.3, 0.4) is 0 Å². The zero-order valence-corrected chi connectivity index (χ0v) is 16.9. The maximum atomic E-state index is 13.7. The van der Waals surface area contributed by atoms with E-state index in [2.05, 4.69) is 0 Å². The predicted octanol–water partition coefficient (Wildman–Crippen LogP) is 3.61. The van der Waals surface area contributed by atoms with Gasteiger partial charge in [-0.25, -0.2) is 9.07 Å².